The highest BCUT2D eigenvalue weighted by Gasteiger charge is 2.26. The summed E-state index contributed by atoms with van der Waals surface area (Å²) in [6.45, 7) is 1.41. The highest BCUT2D eigenvalue weighted by molar-refractivity contribution is 5.91. The summed E-state index contributed by atoms with van der Waals surface area (Å²) in [4.78, 5) is 23.2. The molecule has 1 aromatic carbocycles. The van der Waals surface area contributed by atoms with Gasteiger partial charge in [0, 0.05) is 0 Å². The molecule has 1 N–H and O–H groups in total. The first kappa shape index (κ1) is 13.8. The molecule has 98 valence electrons. The summed E-state index contributed by atoms with van der Waals surface area (Å²) in [6, 6.07) is 3.93. The Morgan fingerprint density at radius 1 is 1.33 bits per heavy atom. The van der Waals surface area contributed by atoms with Crippen LogP contribution in [0.5, 0.6) is 11.5 Å². The summed E-state index contributed by atoms with van der Waals surface area (Å²) in [5.41, 5.74) is 0.299. The lowest BCUT2D eigenvalue weighted by Gasteiger charge is -2.25. The van der Waals surface area contributed by atoms with Crippen molar-refractivity contribution in [2.75, 3.05) is 19.1 Å². The smallest absolute Gasteiger partial charge is 0.326 e. The van der Waals surface area contributed by atoms with Gasteiger partial charge in [-0.15, -0.1) is 0 Å². The van der Waals surface area contributed by atoms with Gasteiger partial charge in [-0.05, 0) is 19.1 Å². The van der Waals surface area contributed by atoms with E-state index in [9.17, 15) is 9.59 Å². The van der Waals surface area contributed by atoms with E-state index < -0.39 is 12.0 Å². The number of amides is 1. The van der Waals surface area contributed by atoms with Crippen LogP contribution in [0, 0.1) is 0 Å². The molecule has 0 bridgehead atoms. The molecule has 6 nitrogen and oxygen atoms in total. The van der Waals surface area contributed by atoms with Gasteiger partial charge in [-0.1, -0.05) is 6.07 Å². The zero-order valence-electron chi connectivity index (χ0n) is 10.4. The summed E-state index contributed by atoms with van der Waals surface area (Å²) in [7, 11) is 2.87. The number of nitrogens with zero attached hydrogens (tertiary/aromatic N) is 1. The van der Waals surface area contributed by atoms with Crippen LogP contribution >= 0.6 is 0 Å². The van der Waals surface area contributed by atoms with E-state index in [1.807, 2.05) is 0 Å². The molecule has 0 saturated carbocycles. The standard InChI is InChI=1S/C12H15NO5/c1-8(12(15)16)13(7-14)11-9(17-2)5-4-6-10(11)18-3/h4-8H,1-3H3,(H,15,16). The molecule has 0 spiro atoms. The molecule has 1 amide bonds. The normalized spacial score (nSPS) is 11.5. The Kier molecular flexibility index (Phi) is 4.53. The maximum atomic E-state index is 11.1. The van der Waals surface area contributed by atoms with Gasteiger partial charge in [0.25, 0.3) is 0 Å². The SMILES string of the molecule is COc1cccc(OC)c1N(C=O)C(C)C(=O)O. The van der Waals surface area contributed by atoms with Crippen LogP contribution in [0.25, 0.3) is 0 Å². The van der Waals surface area contributed by atoms with Crippen molar-refractivity contribution in [2.45, 2.75) is 13.0 Å². The molecule has 0 aliphatic carbocycles. The molecular weight excluding hydrogens is 238 g/mol. The summed E-state index contributed by atoms with van der Waals surface area (Å²) in [5.74, 6) is -0.376. The number of aliphatic carboxylic acids is 1. The van der Waals surface area contributed by atoms with Crippen LogP contribution in [0.15, 0.2) is 18.2 Å². The van der Waals surface area contributed by atoms with Crippen molar-refractivity contribution in [3.8, 4) is 11.5 Å². The number of carbonyl (C=O) groups is 2. The van der Waals surface area contributed by atoms with E-state index in [0.717, 1.165) is 4.90 Å². The number of ether oxygens (including phenoxy) is 2. The molecule has 0 aliphatic rings. The Labute approximate surface area is 105 Å². The minimum absolute atomic E-state index is 0.299. The number of carbonyl (C=O) groups excluding carboxylic acids is 1. The maximum Gasteiger partial charge on any atom is 0.326 e. The molecule has 0 radical (unpaired) electrons. The van der Waals surface area contributed by atoms with E-state index >= 15 is 0 Å². The van der Waals surface area contributed by atoms with E-state index in [2.05, 4.69) is 0 Å². The first-order valence-corrected chi connectivity index (χ1v) is 5.24. The first-order chi connectivity index (χ1) is 8.56. The van der Waals surface area contributed by atoms with Gasteiger partial charge in [-0.3, -0.25) is 9.69 Å². The summed E-state index contributed by atoms with van der Waals surface area (Å²) < 4.78 is 10.3. The third-order valence-corrected chi connectivity index (χ3v) is 2.55. The van der Waals surface area contributed by atoms with E-state index in [-0.39, 0.29) is 0 Å². The predicted octanol–water partition coefficient (Wildman–Crippen LogP) is 1.14. The highest BCUT2D eigenvalue weighted by Crippen LogP contribution is 2.37. The van der Waals surface area contributed by atoms with Gasteiger partial charge in [0.05, 0.1) is 14.2 Å². The molecule has 18 heavy (non-hydrogen) atoms. The van der Waals surface area contributed by atoms with Crippen LogP contribution in [0.3, 0.4) is 0 Å². The molecule has 1 rings (SSSR count). The van der Waals surface area contributed by atoms with Gasteiger partial charge < -0.3 is 14.6 Å². The third-order valence-electron chi connectivity index (χ3n) is 2.55. The minimum atomic E-state index is -1.12. The van der Waals surface area contributed by atoms with Crippen molar-refractivity contribution in [1.82, 2.24) is 0 Å². The fourth-order valence-corrected chi connectivity index (χ4v) is 1.54. The fraction of sp³-hybridized carbons (Fsp3) is 0.333. The monoisotopic (exact) mass is 253 g/mol. The molecule has 6 heteroatoms. The summed E-state index contributed by atoms with van der Waals surface area (Å²) in [6.07, 6.45) is 0.444. The number of methoxy groups -OCH3 is 2. The number of anilines is 1. The van der Waals surface area contributed by atoms with Crippen molar-refractivity contribution >= 4 is 18.1 Å². The van der Waals surface area contributed by atoms with E-state index in [4.69, 9.17) is 14.6 Å². The molecule has 1 unspecified atom stereocenters. The zero-order chi connectivity index (χ0) is 13.7. The molecule has 0 aliphatic heterocycles. The highest BCUT2D eigenvalue weighted by atomic mass is 16.5. The van der Waals surface area contributed by atoms with Crippen molar-refractivity contribution in [1.29, 1.82) is 0 Å². The number of para-hydroxylation sites is 1. The largest absolute Gasteiger partial charge is 0.494 e. The van der Waals surface area contributed by atoms with Crippen molar-refractivity contribution in [3.05, 3.63) is 18.2 Å². The van der Waals surface area contributed by atoms with Crippen molar-refractivity contribution in [2.24, 2.45) is 0 Å². The maximum absolute atomic E-state index is 11.1. The van der Waals surface area contributed by atoms with E-state index in [0.29, 0.717) is 23.6 Å². The number of benzene rings is 1. The second-order valence-electron chi connectivity index (χ2n) is 3.54. The lowest BCUT2D eigenvalue weighted by atomic mass is 10.2. The molecular formula is C12H15NO5. The number of carboxylic acids is 1. The molecule has 0 saturated heterocycles. The van der Waals surface area contributed by atoms with Gasteiger partial charge in [-0.25, -0.2) is 4.79 Å². The molecule has 0 heterocycles. The Hall–Kier alpha value is -2.24. The van der Waals surface area contributed by atoms with Crippen molar-refractivity contribution < 1.29 is 24.2 Å². The average Bonchev–Trinajstić information content (AvgIpc) is 2.39. The van der Waals surface area contributed by atoms with Gasteiger partial charge in [0.1, 0.15) is 23.2 Å². The minimum Gasteiger partial charge on any atom is -0.494 e. The Morgan fingerprint density at radius 2 is 1.83 bits per heavy atom. The second kappa shape index (κ2) is 5.90. The second-order valence-corrected chi connectivity index (χ2v) is 3.54. The van der Waals surface area contributed by atoms with Crippen LogP contribution in [-0.2, 0) is 9.59 Å². The number of carboxylic acid groups (broad SMARTS) is 1. The van der Waals surface area contributed by atoms with Crippen molar-refractivity contribution in [3.63, 3.8) is 0 Å². The van der Waals surface area contributed by atoms with Gasteiger partial charge >= 0.3 is 5.97 Å². The first-order valence-electron chi connectivity index (χ1n) is 5.24. The van der Waals surface area contributed by atoms with E-state index in [1.165, 1.54) is 21.1 Å². The zero-order valence-corrected chi connectivity index (χ0v) is 10.4. The van der Waals surface area contributed by atoms with Crippen LogP contribution in [0.1, 0.15) is 6.92 Å². The van der Waals surface area contributed by atoms with Crippen LogP contribution in [-0.4, -0.2) is 37.7 Å². The molecule has 0 fully saturated rings. The third kappa shape index (κ3) is 2.53. The number of hydrogen-bond acceptors (Lipinski definition) is 4. The van der Waals surface area contributed by atoms with Crippen LogP contribution in [0.4, 0.5) is 5.69 Å². The van der Waals surface area contributed by atoms with E-state index in [1.54, 1.807) is 18.2 Å². The predicted molar refractivity (Wildman–Crippen MR) is 65.2 cm³/mol. The Balaban J connectivity index is 3.35. The van der Waals surface area contributed by atoms with Gasteiger partial charge in [0.2, 0.25) is 6.41 Å². The van der Waals surface area contributed by atoms with Gasteiger partial charge in [-0.2, -0.15) is 0 Å². The molecule has 1 aromatic rings. The number of rotatable bonds is 6. The topological polar surface area (TPSA) is 76.1 Å². The average molecular weight is 253 g/mol. The Bertz CT molecular complexity index is 424. The van der Waals surface area contributed by atoms with Crippen LogP contribution < -0.4 is 14.4 Å². The lowest BCUT2D eigenvalue weighted by Crippen LogP contribution is -2.38. The quantitative estimate of drug-likeness (QED) is 0.769. The van der Waals surface area contributed by atoms with Crippen LogP contribution in [0.2, 0.25) is 0 Å². The van der Waals surface area contributed by atoms with Gasteiger partial charge in [0.15, 0.2) is 0 Å². The lowest BCUT2D eigenvalue weighted by molar-refractivity contribution is -0.138. The Morgan fingerprint density at radius 3 is 2.17 bits per heavy atom. The summed E-state index contributed by atoms with van der Waals surface area (Å²) in [5, 5.41) is 8.99. The summed E-state index contributed by atoms with van der Waals surface area (Å²) >= 11 is 0. The molecule has 1 atom stereocenters. The fourth-order valence-electron chi connectivity index (χ4n) is 1.54. The number of hydrogen-bond donors (Lipinski definition) is 1. The molecule has 0 aromatic heterocycles.